The van der Waals surface area contributed by atoms with Crippen LogP contribution in [0.15, 0.2) is 72.9 Å². The minimum absolute atomic E-state index is 1.15. The molecule has 0 atom stereocenters. The van der Waals surface area contributed by atoms with E-state index in [-0.39, 0.29) is 0 Å². The van der Waals surface area contributed by atoms with E-state index in [4.69, 9.17) is 0 Å². The summed E-state index contributed by atoms with van der Waals surface area (Å²) in [5.41, 5.74) is 7.49. The Morgan fingerprint density at radius 3 is 2.08 bits per heavy atom. The van der Waals surface area contributed by atoms with Gasteiger partial charge in [0.05, 0.1) is 5.39 Å². The van der Waals surface area contributed by atoms with Crippen LogP contribution >= 0.6 is 0 Å². The summed E-state index contributed by atoms with van der Waals surface area (Å²) in [6.45, 7) is 4.37. The molecule has 2 heteroatoms. The van der Waals surface area contributed by atoms with Crippen LogP contribution in [-0.4, -0.2) is 4.98 Å². The van der Waals surface area contributed by atoms with Crippen molar-refractivity contribution in [2.24, 2.45) is 0 Å². The molecule has 1 N–H and O–H groups in total. The number of benzene rings is 3. The predicted molar refractivity (Wildman–Crippen MR) is 104 cm³/mol. The second kappa shape index (κ2) is 5.18. The normalized spacial score (nSPS) is 11.6. The van der Waals surface area contributed by atoms with Gasteiger partial charge in [0, 0.05) is 16.3 Å². The summed E-state index contributed by atoms with van der Waals surface area (Å²) < 4.78 is 2.37. The fraction of sp³-hybridized carbons (Fsp3) is 0.0870. The van der Waals surface area contributed by atoms with E-state index in [0.717, 1.165) is 5.65 Å². The molecule has 0 fully saturated rings. The van der Waals surface area contributed by atoms with Crippen LogP contribution in [0.3, 0.4) is 0 Å². The molecule has 0 aliphatic carbocycles. The highest BCUT2D eigenvalue weighted by atomic mass is 15.0. The van der Waals surface area contributed by atoms with Crippen LogP contribution in [-0.2, 0) is 0 Å². The number of imidazole rings is 1. The largest absolute Gasteiger partial charge is 0.293 e. The van der Waals surface area contributed by atoms with Gasteiger partial charge in [-0.2, -0.15) is 4.40 Å². The van der Waals surface area contributed by atoms with Crippen LogP contribution in [0.25, 0.3) is 38.6 Å². The van der Waals surface area contributed by atoms with Gasteiger partial charge in [-0.05, 0) is 37.1 Å². The number of hydrogen-bond donors (Lipinski definition) is 1. The molecule has 2 aromatic heterocycles. The van der Waals surface area contributed by atoms with Gasteiger partial charge in [0.15, 0.2) is 5.69 Å². The zero-order valence-corrected chi connectivity index (χ0v) is 14.4. The Bertz CT molecular complexity index is 1240. The van der Waals surface area contributed by atoms with Gasteiger partial charge < -0.3 is 0 Å². The molecule has 0 amide bonds. The van der Waals surface area contributed by atoms with Crippen LogP contribution in [0.5, 0.6) is 0 Å². The van der Waals surface area contributed by atoms with Gasteiger partial charge in [-0.1, -0.05) is 54.6 Å². The molecule has 2 nitrogen and oxygen atoms in total. The molecule has 0 aliphatic heterocycles. The molecule has 0 unspecified atom stereocenters. The molecule has 0 spiro atoms. The molecule has 120 valence electrons. The third-order valence-electron chi connectivity index (χ3n) is 5.16. The molecule has 5 aromatic rings. The van der Waals surface area contributed by atoms with Crippen molar-refractivity contribution >= 4 is 27.3 Å². The quantitative estimate of drug-likeness (QED) is 0.317. The Morgan fingerprint density at radius 1 is 0.680 bits per heavy atom. The van der Waals surface area contributed by atoms with E-state index >= 15 is 0 Å². The molecule has 0 aliphatic rings. The number of aromatic nitrogens is 2. The molecule has 3 aromatic carbocycles. The molecular formula is C23H19N2+. The monoisotopic (exact) mass is 323 g/mol. The van der Waals surface area contributed by atoms with E-state index in [0.29, 0.717) is 0 Å². The number of para-hydroxylation sites is 1. The van der Waals surface area contributed by atoms with Crippen molar-refractivity contribution in [1.29, 1.82) is 0 Å². The van der Waals surface area contributed by atoms with Gasteiger partial charge in [-0.25, -0.2) is 4.98 Å². The maximum absolute atomic E-state index is 3.54. The average molecular weight is 323 g/mol. The Morgan fingerprint density at radius 2 is 1.32 bits per heavy atom. The Hall–Kier alpha value is -3.13. The number of pyridine rings is 1. The number of aromatic amines is 1. The number of aryl methyl sites for hydroxylation is 2. The standard InChI is InChI=1S/C23H18N2/c1-15-8-7-9-16(2)22(15)21-14-24-23-19-12-4-3-10-17(19)18-11-5-6-13-20(18)25(21)23/h3-14H,1-2H3/p+1. The molecule has 5 rings (SSSR count). The van der Waals surface area contributed by atoms with Gasteiger partial charge in [0.25, 0.3) is 5.65 Å². The lowest BCUT2D eigenvalue weighted by atomic mass is 10.00. The van der Waals surface area contributed by atoms with Crippen LogP contribution in [0.2, 0.25) is 0 Å². The first kappa shape index (κ1) is 14.2. The van der Waals surface area contributed by atoms with Crippen molar-refractivity contribution in [1.82, 2.24) is 4.98 Å². The van der Waals surface area contributed by atoms with E-state index in [9.17, 15) is 0 Å². The highest BCUT2D eigenvalue weighted by Crippen LogP contribution is 2.30. The predicted octanol–water partition coefficient (Wildman–Crippen LogP) is 5.34. The lowest BCUT2D eigenvalue weighted by Gasteiger charge is -2.08. The molecule has 0 radical (unpaired) electrons. The van der Waals surface area contributed by atoms with Gasteiger partial charge in [-0.15, -0.1) is 0 Å². The smallest absolute Gasteiger partial charge is 0.242 e. The maximum atomic E-state index is 3.54. The first-order valence-electron chi connectivity index (χ1n) is 8.65. The second-order valence-corrected chi connectivity index (χ2v) is 6.69. The van der Waals surface area contributed by atoms with E-state index in [1.165, 1.54) is 44.1 Å². The minimum Gasteiger partial charge on any atom is -0.242 e. The van der Waals surface area contributed by atoms with Gasteiger partial charge in [-0.3, -0.25) is 0 Å². The van der Waals surface area contributed by atoms with E-state index in [1.807, 2.05) is 0 Å². The van der Waals surface area contributed by atoms with Crippen molar-refractivity contribution in [3.8, 4) is 11.3 Å². The third kappa shape index (κ3) is 1.94. The zero-order chi connectivity index (χ0) is 17.0. The second-order valence-electron chi connectivity index (χ2n) is 6.69. The third-order valence-corrected chi connectivity index (χ3v) is 5.16. The number of H-pyrrole nitrogens is 1. The van der Waals surface area contributed by atoms with Crippen LogP contribution < -0.4 is 4.40 Å². The van der Waals surface area contributed by atoms with Crippen molar-refractivity contribution in [3.05, 3.63) is 84.1 Å². The van der Waals surface area contributed by atoms with Crippen LogP contribution in [0.4, 0.5) is 0 Å². The number of hydrogen-bond acceptors (Lipinski definition) is 0. The van der Waals surface area contributed by atoms with Gasteiger partial charge in [0.2, 0.25) is 0 Å². The lowest BCUT2D eigenvalue weighted by Crippen LogP contribution is -2.24. The van der Waals surface area contributed by atoms with Gasteiger partial charge >= 0.3 is 0 Å². The topological polar surface area (TPSA) is 19.9 Å². The lowest BCUT2D eigenvalue weighted by molar-refractivity contribution is -0.466. The fourth-order valence-corrected chi connectivity index (χ4v) is 4.06. The molecule has 2 heterocycles. The Labute approximate surface area is 146 Å². The molecule has 0 saturated heterocycles. The maximum Gasteiger partial charge on any atom is 0.293 e. The average Bonchev–Trinajstić information content (AvgIpc) is 3.07. The zero-order valence-electron chi connectivity index (χ0n) is 14.4. The van der Waals surface area contributed by atoms with E-state index < -0.39 is 0 Å². The van der Waals surface area contributed by atoms with Gasteiger partial charge in [0.1, 0.15) is 11.7 Å². The Balaban J connectivity index is 2.05. The van der Waals surface area contributed by atoms with Crippen molar-refractivity contribution in [3.63, 3.8) is 0 Å². The Kier molecular flexibility index (Phi) is 2.95. The summed E-state index contributed by atoms with van der Waals surface area (Å²) in [5.74, 6) is 0. The highest BCUT2D eigenvalue weighted by molar-refractivity contribution is 6.09. The molecule has 0 saturated carbocycles. The number of nitrogens with one attached hydrogen (secondary N) is 1. The minimum atomic E-state index is 1.15. The number of fused-ring (bicyclic) bond motifs is 6. The summed E-state index contributed by atoms with van der Waals surface area (Å²) in [5, 5.41) is 3.81. The SMILES string of the molecule is Cc1cccc(C)c1-c1c[nH]c2c3ccccc3c3ccccc3[n+]12. The number of rotatable bonds is 1. The van der Waals surface area contributed by atoms with E-state index in [2.05, 4.69) is 96.2 Å². The van der Waals surface area contributed by atoms with Crippen molar-refractivity contribution in [2.45, 2.75) is 13.8 Å². The summed E-state index contributed by atoms with van der Waals surface area (Å²) >= 11 is 0. The van der Waals surface area contributed by atoms with Crippen LogP contribution in [0, 0.1) is 13.8 Å². The molecular weight excluding hydrogens is 304 g/mol. The summed E-state index contributed by atoms with van der Waals surface area (Å²) in [7, 11) is 0. The summed E-state index contributed by atoms with van der Waals surface area (Å²) in [6, 6.07) is 23.8. The van der Waals surface area contributed by atoms with Crippen molar-refractivity contribution in [2.75, 3.05) is 0 Å². The molecule has 0 bridgehead atoms. The first-order chi connectivity index (χ1) is 12.3. The van der Waals surface area contributed by atoms with Crippen LogP contribution in [0.1, 0.15) is 11.1 Å². The summed E-state index contributed by atoms with van der Waals surface area (Å²) in [6.07, 6.45) is 2.14. The van der Waals surface area contributed by atoms with E-state index in [1.54, 1.807) is 0 Å². The fourth-order valence-electron chi connectivity index (χ4n) is 4.06. The molecule has 25 heavy (non-hydrogen) atoms. The highest BCUT2D eigenvalue weighted by Gasteiger charge is 2.22. The van der Waals surface area contributed by atoms with Crippen molar-refractivity contribution < 1.29 is 4.40 Å². The first-order valence-corrected chi connectivity index (χ1v) is 8.65. The summed E-state index contributed by atoms with van der Waals surface area (Å²) in [4.78, 5) is 3.54. The number of nitrogens with zero attached hydrogens (tertiary/aromatic N) is 1.